The molecule has 92 valence electrons. The van der Waals surface area contributed by atoms with Crippen LogP contribution in [0, 0.1) is 0 Å². The lowest BCUT2D eigenvalue weighted by molar-refractivity contribution is -0.140. The van der Waals surface area contributed by atoms with Crippen molar-refractivity contribution in [2.75, 3.05) is 7.05 Å². The second-order valence-electron chi connectivity index (χ2n) is 3.72. The summed E-state index contributed by atoms with van der Waals surface area (Å²) in [7, 11) is 1.53. The van der Waals surface area contributed by atoms with E-state index in [0.717, 1.165) is 0 Å². The van der Waals surface area contributed by atoms with Gasteiger partial charge in [-0.1, -0.05) is 0 Å². The molecule has 0 unspecified atom stereocenters. The zero-order chi connectivity index (χ0) is 12.9. The monoisotopic (exact) mass is 231 g/mol. The van der Waals surface area contributed by atoms with Crippen LogP contribution in [0.5, 0.6) is 0 Å². The Hall–Kier alpha value is -1.79. The van der Waals surface area contributed by atoms with Crippen molar-refractivity contribution < 1.29 is 19.5 Å². The fourth-order valence-corrected chi connectivity index (χ4v) is 0.887. The Kier molecular flexibility index (Phi) is 5.27. The first-order chi connectivity index (χ1) is 7.25. The molecule has 1 atom stereocenters. The maximum absolute atomic E-state index is 11.5. The largest absolute Gasteiger partial charge is 0.480 e. The smallest absolute Gasteiger partial charge is 0.326 e. The number of nitrogens with one attached hydrogen (secondary N) is 1. The molecule has 0 aliphatic carbocycles. The molecule has 16 heavy (non-hydrogen) atoms. The van der Waals surface area contributed by atoms with Crippen LogP contribution in [0.15, 0.2) is 0 Å². The number of carboxylic acids is 1. The molecule has 3 amide bonds. The summed E-state index contributed by atoms with van der Waals surface area (Å²) in [6.07, 6.45) is -0.424. The number of carboxylic acid groups (broad SMARTS) is 1. The van der Waals surface area contributed by atoms with Crippen molar-refractivity contribution in [3.63, 3.8) is 0 Å². The first-order valence-electron chi connectivity index (χ1n) is 4.80. The summed E-state index contributed by atoms with van der Waals surface area (Å²) < 4.78 is 0. The van der Waals surface area contributed by atoms with E-state index in [1.165, 1.54) is 11.9 Å². The molecule has 0 fully saturated rings. The Balaban J connectivity index is 4.46. The summed E-state index contributed by atoms with van der Waals surface area (Å²) in [6, 6.07) is -1.90. The quantitative estimate of drug-likeness (QED) is 0.584. The van der Waals surface area contributed by atoms with Gasteiger partial charge in [-0.15, -0.1) is 0 Å². The third-order valence-electron chi connectivity index (χ3n) is 2.10. The average Bonchev–Trinajstić information content (AvgIpc) is 2.14. The number of nitrogens with two attached hydrogens (primary N) is 1. The van der Waals surface area contributed by atoms with Crippen LogP contribution in [0.2, 0.25) is 0 Å². The summed E-state index contributed by atoms with van der Waals surface area (Å²) in [5, 5.41) is 11.0. The van der Waals surface area contributed by atoms with Crippen molar-refractivity contribution in [2.24, 2.45) is 5.73 Å². The van der Waals surface area contributed by atoms with Crippen LogP contribution in [0.25, 0.3) is 0 Å². The molecule has 0 aliphatic rings. The molecule has 7 heteroatoms. The van der Waals surface area contributed by atoms with E-state index < -0.39 is 30.4 Å². The number of carbonyl (C=O) groups is 3. The number of nitrogens with zero attached hydrogens (tertiary/aromatic N) is 1. The van der Waals surface area contributed by atoms with Crippen molar-refractivity contribution in [2.45, 2.75) is 32.4 Å². The van der Waals surface area contributed by atoms with Gasteiger partial charge in [-0.25, -0.2) is 9.59 Å². The van der Waals surface area contributed by atoms with E-state index in [4.69, 9.17) is 10.8 Å². The van der Waals surface area contributed by atoms with E-state index >= 15 is 0 Å². The third kappa shape index (κ3) is 4.63. The Morgan fingerprint density at radius 1 is 1.38 bits per heavy atom. The molecule has 0 aromatic heterocycles. The Morgan fingerprint density at radius 3 is 2.19 bits per heavy atom. The van der Waals surface area contributed by atoms with Crippen LogP contribution in [0.1, 0.15) is 20.3 Å². The van der Waals surface area contributed by atoms with Crippen LogP contribution >= 0.6 is 0 Å². The molecule has 0 aromatic rings. The predicted molar refractivity (Wildman–Crippen MR) is 56.7 cm³/mol. The highest BCUT2D eigenvalue weighted by Gasteiger charge is 2.24. The van der Waals surface area contributed by atoms with Crippen LogP contribution in [0.3, 0.4) is 0 Å². The van der Waals surface area contributed by atoms with Gasteiger partial charge in [0.1, 0.15) is 6.04 Å². The minimum atomic E-state index is -1.29. The summed E-state index contributed by atoms with van der Waals surface area (Å²) in [5.74, 6) is -2.07. The SMILES string of the molecule is CC(C)N(C)C(=O)N[C@H](CC(N)=O)C(=O)O. The second kappa shape index (κ2) is 5.94. The van der Waals surface area contributed by atoms with Crippen molar-refractivity contribution in [3.8, 4) is 0 Å². The molecule has 0 aromatic carbocycles. The molecule has 0 rings (SSSR count). The number of urea groups is 1. The normalized spacial score (nSPS) is 12.0. The number of aliphatic carboxylic acids is 1. The van der Waals surface area contributed by atoms with Crippen molar-refractivity contribution in [1.82, 2.24) is 10.2 Å². The Labute approximate surface area is 93.6 Å². The Morgan fingerprint density at radius 2 is 1.88 bits per heavy atom. The van der Waals surface area contributed by atoms with Crippen molar-refractivity contribution in [3.05, 3.63) is 0 Å². The van der Waals surface area contributed by atoms with E-state index in [1.807, 2.05) is 0 Å². The summed E-state index contributed by atoms with van der Waals surface area (Å²) in [6.45, 7) is 3.56. The number of primary amides is 1. The number of hydrogen-bond donors (Lipinski definition) is 3. The molecule has 7 nitrogen and oxygen atoms in total. The van der Waals surface area contributed by atoms with Gasteiger partial charge in [0, 0.05) is 13.1 Å². The lowest BCUT2D eigenvalue weighted by atomic mass is 10.2. The molecular weight excluding hydrogens is 214 g/mol. The van der Waals surface area contributed by atoms with Crippen LogP contribution in [-0.2, 0) is 9.59 Å². The molecular formula is C9H17N3O4. The molecule has 0 spiro atoms. The lowest BCUT2D eigenvalue weighted by Gasteiger charge is -2.23. The molecule has 0 saturated carbocycles. The molecule has 0 aliphatic heterocycles. The molecule has 0 heterocycles. The number of carbonyl (C=O) groups excluding carboxylic acids is 2. The van der Waals surface area contributed by atoms with Gasteiger partial charge < -0.3 is 21.1 Å². The summed E-state index contributed by atoms with van der Waals surface area (Å²) in [5.41, 5.74) is 4.88. The predicted octanol–water partition coefficient (Wildman–Crippen LogP) is -0.635. The standard InChI is InChI=1S/C9H17N3O4/c1-5(2)12(3)9(16)11-6(8(14)15)4-7(10)13/h5-6H,4H2,1-3H3,(H2,10,13)(H,11,16)(H,14,15)/t6-/m1/s1. The van der Waals surface area contributed by atoms with E-state index in [-0.39, 0.29) is 6.04 Å². The van der Waals surface area contributed by atoms with Gasteiger partial charge in [0.15, 0.2) is 0 Å². The summed E-state index contributed by atoms with van der Waals surface area (Å²) >= 11 is 0. The third-order valence-corrected chi connectivity index (χ3v) is 2.10. The highest BCUT2D eigenvalue weighted by molar-refractivity contribution is 5.87. The zero-order valence-corrected chi connectivity index (χ0v) is 9.56. The second-order valence-corrected chi connectivity index (χ2v) is 3.72. The minimum absolute atomic E-state index is 0.0666. The number of rotatable bonds is 5. The average molecular weight is 231 g/mol. The van der Waals surface area contributed by atoms with E-state index in [2.05, 4.69) is 5.32 Å². The van der Waals surface area contributed by atoms with Crippen LogP contribution in [-0.4, -0.2) is 47.0 Å². The van der Waals surface area contributed by atoms with Gasteiger partial charge >= 0.3 is 12.0 Å². The molecule has 0 radical (unpaired) electrons. The van der Waals surface area contributed by atoms with E-state index in [9.17, 15) is 14.4 Å². The number of amides is 3. The van der Waals surface area contributed by atoms with Crippen LogP contribution in [0.4, 0.5) is 4.79 Å². The zero-order valence-electron chi connectivity index (χ0n) is 9.56. The maximum Gasteiger partial charge on any atom is 0.326 e. The summed E-state index contributed by atoms with van der Waals surface area (Å²) in [4.78, 5) is 34.1. The fraction of sp³-hybridized carbons (Fsp3) is 0.667. The Bertz CT molecular complexity index is 290. The topological polar surface area (TPSA) is 113 Å². The fourth-order valence-electron chi connectivity index (χ4n) is 0.887. The molecule has 0 bridgehead atoms. The van der Waals surface area contributed by atoms with Gasteiger partial charge in [0.25, 0.3) is 0 Å². The first-order valence-corrected chi connectivity index (χ1v) is 4.80. The van der Waals surface area contributed by atoms with Gasteiger partial charge in [-0.3, -0.25) is 4.79 Å². The minimum Gasteiger partial charge on any atom is -0.480 e. The van der Waals surface area contributed by atoms with Crippen molar-refractivity contribution >= 4 is 17.9 Å². The van der Waals surface area contributed by atoms with Crippen molar-refractivity contribution in [1.29, 1.82) is 0 Å². The highest BCUT2D eigenvalue weighted by Crippen LogP contribution is 1.98. The number of hydrogen-bond acceptors (Lipinski definition) is 3. The van der Waals surface area contributed by atoms with Gasteiger partial charge in [-0.2, -0.15) is 0 Å². The van der Waals surface area contributed by atoms with E-state index in [0.29, 0.717) is 0 Å². The van der Waals surface area contributed by atoms with Crippen LogP contribution < -0.4 is 11.1 Å². The molecule has 0 saturated heterocycles. The highest BCUT2D eigenvalue weighted by atomic mass is 16.4. The molecule has 4 N–H and O–H groups in total. The lowest BCUT2D eigenvalue weighted by Crippen LogP contribution is -2.49. The van der Waals surface area contributed by atoms with E-state index in [1.54, 1.807) is 13.8 Å². The van der Waals surface area contributed by atoms with Gasteiger partial charge in [0.2, 0.25) is 5.91 Å². The van der Waals surface area contributed by atoms with Gasteiger partial charge in [0.05, 0.1) is 6.42 Å². The first kappa shape index (κ1) is 14.2. The van der Waals surface area contributed by atoms with Gasteiger partial charge in [-0.05, 0) is 13.8 Å². The maximum atomic E-state index is 11.5.